The first-order valence-electron chi connectivity index (χ1n) is 6.29. The molecule has 2 aromatic rings. The molecule has 0 aliphatic carbocycles. The molecule has 4 nitrogen and oxygen atoms in total. The van der Waals surface area contributed by atoms with E-state index in [0.29, 0.717) is 13.1 Å². The maximum Gasteiger partial charge on any atom is 0.133 e. The van der Waals surface area contributed by atoms with Gasteiger partial charge in [-0.1, -0.05) is 16.8 Å². The van der Waals surface area contributed by atoms with Crippen LogP contribution in [0.4, 0.5) is 0 Å². The highest BCUT2D eigenvalue weighted by atomic mass is 35.5. The van der Waals surface area contributed by atoms with Crippen LogP contribution in [-0.2, 0) is 19.5 Å². The smallest absolute Gasteiger partial charge is 0.133 e. The zero-order chi connectivity index (χ0) is 13.2. The number of aromatic nitrogens is 1. The van der Waals surface area contributed by atoms with E-state index in [2.05, 4.69) is 10.5 Å². The minimum atomic E-state index is 0.665. The van der Waals surface area contributed by atoms with Gasteiger partial charge in [0.15, 0.2) is 0 Å². The molecule has 3 rings (SSSR count). The summed E-state index contributed by atoms with van der Waals surface area (Å²) in [5.41, 5.74) is 3.19. The molecule has 0 spiro atoms. The summed E-state index contributed by atoms with van der Waals surface area (Å²) in [6.07, 6.45) is 0.936. The molecule has 0 bridgehead atoms. The van der Waals surface area contributed by atoms with Crippen LogP contribution in [0.3, 0.4) is 0 Å². The van der Waals surface area contributed by atoms with Crippen LogP contribution in [0.2, 0.25) is 5.02 Å². The molecule has 0 saturated carbocycles. The third-order valence-electron chi connectivity index (χ3n) is 3.12. The highest BCUT2D eigenvalue weighted by molar-refractivity contribution is 6.30. The Labute approximate surface area is 116 Å². The van der Waals surface area contributed by atoms with Gasteiger partial charge in [0.2, 0.25) is 0 Å². The van der Waals surface area contributed by atoms with Crippen molar-refractivity contribution in [3.8, 4) is 5.75 Å². The maximum absolute atomic E-state index is 6.12. The topological polar surface area (TPSA) is 47.3 Å². The van der Waals surface area contributed by atoms with Crippen molar-refractivity contribution in [1.82, 2.24) is 10.5 Å². The van der Waals surface area contributed by atoms with Crippen molar-refractivity contribution in [2.45, 2.75) is 26.4 Å². The van der Waals surface area contributed by atoms with Crippen LogP contribution < -0.4 is 10.1 Å². The standard InChI is InChI=1S/C14H15ClN2O2/c1-9-4-13(17-19-9)8-16-7-11-6-12(15)5-10-2-3-18-14(10)11/h4-6,16H,2-3,7-8H2,1H3. The third kappa shape index (κ3) is 2.74. The lowest BCUT2D eigenvalue weighted by molar-refractivity contribution is 0.352. The van der Waals surface area contributed by atoms with E-state index in [9.17, 15) is 0 Å². The summed E-state index contributed by atoms with van der Waals surface area (Å²) in [6, 6.07) is 5.85. The lowest BCUT2D eigenvalue weighted by Crippen LogP contribution is -2.13. The SMILES string of the molecule is Cc1cc(CNCc2cc(Cl)cc3c2OCC3)no1. The summed E-state index contributed by atoms with van der Waals surface area (Å²) >= 11 is 6.12. The number of nitrogens with zero attached hydrogens (tertiary/aromatic N) is 1. The molecule has 19 heavy (non-hydrogen) atoms. The van der Waals surface area contributed by atoms with Crippen LogP contribution >= 0.6 is 11.6 Å². The number of aryl methyl sites for hydroxylation is 1. The number of benzene rings is 1. The van der Waals surface area contributed by atoms with Crippen LogP contribution in [0.1, 0.15) is 22.6 Å². The third-order valence-corrected chi connectivity index (χ3v) is 3.34. The lowest BCUT2D eigenvalue weighted by atomic mass is 10.1. The second-order valence-corrected chi connectivity index (χ2v) is 5.12. The predicted octanol–water partition coefficient (Wildman–Crippen LogP) is 2.86. The first-order valence-corrected chi connectivity index (χ1v) is 6.67. The molecule has 0 fully saturated rings. The van der Waals surface area contributed by atoms with Crippen LogP contribution in [0, 0.1) is 6.92 Å². The van der Waals surface area contributed by atoms with Crippen LogP contribution in [-0.4, -0.2) is 11.8 Å². The Morgan fingerprint density at radius 3 is 3.00 bits per heavy atom. The number of rotatable bonds is 4. The van der Waals surface area contributed by atoms with Gasteiger partial charge in [0.25, 0.3) is 0 Å². The van der Waals surface area contributed by atoms with E-state index in [1.54, 1.807) is 0 Å². The molecule has 1 aromatic carbocycles. The molecule has 100 valence electrons. The Kier molecular flexibility index (Phi) is 3.44. The lowest BCUT2D eigenvalue weighted by Gasteiger charge is -2.09. The summed E-state index contributed by atoms with van der Waals surface area (Å²) in [5, 5.41) is 8.03. The van der Waals surface area contributed by atoms with Gasteiger partial charge in [-0.15, -0.1) is 0 Å². The fourth-order valence-electron chi connectivity index (χ4n) is 2.30. The van der Waals surface area contributed by atoms with Crippen molar-refractivity contribution < 1.29 is 9.26 Å². The molecule has 0 radical (unpaired) electrons. The summed E-state index contributed by atoms with van der Waals surface area (Å²) in [6.45, 7) is 3.99. The number of hydrogen-bond acceptors (Lipinski definition) is 4. The monoisotopic (exact) mass is 278 g/mol. The fourth-order valence-corrected chi connectivity index (χ4v) is 2.57. The Hall–Kier alpha value is -1.52. The van der Waals surface area contributed by atoms with Crippen molar-refractivity contribution in [3.05, 3.63) is 45.8 Å². The van der Waals surface area contributed by atoms with Gasteiger partial charge < -0.3 is 14.6 Å². The molecule has 0 saturated heterocycles. The Bertz CT molecular complexity index is 595. The van der Waals surface area contributed by atoms with Gasteiger partial charge in [-0.3, -0.25) is 0 Å². The molecular weight excluding hydrogens is 264 g/mol. The van der Waals surface area contributed by atoms with E-state index < -0.39 is 0 Å². The molecule has 1 aliphatic heterocycles. The highest BCUT2D eigenvalue weighted by Gasteiger charge is 2.17. The number of hydrogen-bond donors (Lipinski definition) is 1. The van der Waals surface area contributed by atoms with Crippen molar-refractivity contribution >= 4 is 11.6 Å². The molecule has 0 unspecified atom stereocenters. The van der Waals surface area contributed by atoms with Crippen molar-refractivity contribution in [1.29, 1.82) is 0 Å². The van der Waals surface area contributed by atoms with Gasteiger partial charge in [-0.2, -0.15) is 0 Å². The van der Waals surface area contributed by atoms with E-state index in [1.165, 1.54) is 5.56 Å². The molecule has 5 heteroatoms. The molecule has 1 N–H and O–H groups in total. The van der Waals surface area contributed by atoms with E-state index in [4.69, 9.17) is 20.9 Å². The van der Waals surface area contributed by atoms with Crippen LogP contribution in [0.5, 0.6) is 5.75 Å². The fraction of sp³-hybridized carbons (Fsp3) is 0.357. The van der Waals surface area contributed by atoms with Crippen LogP contribution in [0.25, 0.3) is 0 Å². The molecule has 1 aliphatic rings. The summed E-state index contributed by atoms with van der Waals surface area (Å²) in [5.74, 6) is 1.80. The molecule has 1 aromatic heterocycles. The number of fused-ring (bicyclic) bond motifs is 1. The molecular formula is C14H15ClN2O2. The van der Waals surface area contributed by atoms with Crippen molar-refractivity contribution in [2.75, 3.05) is 6.61 Å². The summed E-state index contributed by atoms with van der Waals surface area (Å²) < 4.78 is 10.7. The maximum atomic E-state index is 6.12. The van der Waals surface area contributed by atoms with E-state index in [0.717, 1.165) is 40.8 Å². The average Bonchev–Trinajstić information content (AvgIpc) is 2.98. The van der Waals surface area contributed by atoms with Gasteiger partial charge in [0.1, 0.15) is 11.5 Å². The molecule has 0 atom stereocenters. The van der Waals surface area contributed by atoms with Gasteiger partial charge in [0, 0.05) is 36.2 Å². The zero-order valence-corrected chi connectivity index (χ0v) is 11.5. The second kappa shape index (κ2) is 5.23. The molecule has 0 amide bonds. The van der Waals surface area contributed by atoms with E-state index in [-0.39, 0.29) is 0 Å². The largest absolute Gasteiger partial charge is 0.493 e. The van der Waals surface area contributed by atoms with Crippen molar-refractivity contribution in [3.63, 3.8) is 0 Å². The quantitative estimate of drug-likeness (QED) is 0.934. The average molecular weight is 279 g/mol. The minimum absolute atomic E-state index is 0.665. The predicted molar refractivity (Wildman–Crippen MR) is 72.4 cm³/mol. The van der Waals surface area contributed by atoms with Gasteiger partial charge in [-0.25, -0.2) is 0 Å². The van der Waals surface area contributed by atoms with Crippen molar-refractivity contribution in [2.24, 2.45) is 0 Å². The van der Waals surface area contributed by atoms with E-state index in [1.807, 2.05) is 25.1 Å². The summed E-state index contributed by atoms with van der Waals surface area (Å²) in [7, 11) is 0. The Morgan fingerprint density at radius 1 is 1.32 bits per heavy atom. The Morgan fingerprint density at radius 2 is 2.21 bits per heavy atom. The first-order chi connectivity index (χ1) is 9.22. The first kappa shape index (κ1) is 12.5. The second-order valence-electron chi connectivity index (χ2n) is 4.68. The number of nitrogens with one attached hydrogen (secondary N) is 1. The minimum Gasteiger partial charge on any atom is -0.493 e. The number of ether oxygens (including phenoxy) is 1. The highest BCUT2D eigenvalue weighted by Crippen LogP contribution is 2.32. The van der Waals surface area contributed by atoms with Gasteiger partial charge in [0.05, 0.1) is 12.3 Å². The zero-order valence-electron chi connectivity index (χ0n) is 10.7. The number of halogens is 1. The normalized spacial score (nSPS) is 13.4. The van der Waals surface area contributed by atoms with E-state index >= 15 is 0 Å². The van der Waals surface area contributed by atoms with Gasteiger partial charge >= 0.3 is 0 Å². The summed E-state index contributed by atoms with van der Waals surface area (Å²) in [4.78, 5) is 0. The van der Waals surface area contributed by atoms with Gasteiger partial charge in [-0.05, 0) is 24.6 Å². The van der Waals surface area contributed by atoms with Crippen LogP contribution in [0.15, 0.2) is 22.7 Å². The Balaban J connectivity index is 1.67. The molecule has 2 heterocycles.